The molecule has 7 nitrogen and oxygen atoms in total. The van der Waals surface area contributed by atoms with Gasteiger partial charge in [0.25, 0.3) is 5.91 Å². The number of aryl methyl sites for hydroxylation is 2. The fourth-order valence-electron chi connectivity index (χ4n) is 2.23. The first-order valence-corrected chi connectivity index (χ1v) is 8.34. The summed E-state index contributed by atoms with van der Waals surface area (Å²) in [5, 5.41) is 9.85. The number of benzene rings is 1. The molecule has 8 heteroatoms. The number of carbonyl (C=O) groups is 2. The molecule has 0 atom stereocenters. The molecule has 0 bridgehead atoms. The summed E-state index contributed by atoms with van der Waals surface area (Å²) < 4.78 is 4.93. The highest BCUT2D eigenvalue weighted by molar-refractivity contribution is 7.15. The number of hydrogen-bond acceptors (Lipinski definition) is 6. The van der Waals surface area contributed by atoms with Gasteiger partial charge in [-0.2, -0.15) is 0 Å². The van der Waals surface area contributed by atoms with E-state index >= 15 is 0 Å². The van der Waals surface area contributed by atoms with E-state index in [1.807, 2.05) is 19.1 Å². The van der Waals surface area contributed by atoms with Crippen molar-refractivity contribution in [2.75, 3.05) is 10.6 Å². The molecule has 2 heterocycles. The van der Waals surface area contributed by atoms with Crippen LogP contribution in [0.1, 0.15) is 28.0 Å². The zero-order valence-electron chi connectivity index (χ0n) is 13.9. The Kier molecular flexibility index (Phi) is 4.62. The Morgan fingerprint density at radius 1 is 1.12 bits per heavy atom. The maximum Gasteiger partial charge on any atom is 0.276 e. The molecule has 2 amide bonds. The predicted octanol–water partition coefficient (Wildman–Crippen LogP) is 3.63. The average molecular weight is 356 g/mol. The molecule has 3 rings (SSSR count). The lowest BCUT2D eigenvalue weighted by atomic mass is 10.2. The summed E-state index contributed by atoms with van der Waals surface area (Å²) in [5.41, 5.74) is 1.94. The van der Waals surface area contributed by atoms with Gasteiger partial charge >= 0.3 is 0 Å². The molecule has 0 saturated heterocycles. The van der Waals surface area contributed by atoms with Crippen molar-refractivity contribution in [1.82, 2.24) is 10.1 Å². The Morgan fingerprint density at radius 2 is 1.84 bits per heavy atom. The van der Waals surface area contributed by atoms with E-state index in [-0.39, 0.29) is 11.8 Å². The first-order valence-electron chi connectivity index (χ1n) is 7.52. The monoisotopic (exact) mass is 356 g/mol. The van der Waals surface area contributed by atoms with E-state index in [2.05, 4.69) is 20.8 Å². The molecule has 25 heavy (non-hydrogen) atoms. The van der Waals surface area contributed by atoms with Crippen molar-refractivity contribution in [1.29, 1.82) is 0 Å². The first-order chi connectivity index (χ1) is 11.9. The Morgan fingerprint density at radius 3 is 2.44 bits per heavy atom. The second-order valence-corrected chi connectivity index (χ2v) is 6.66. The molecule has 0 radical (unpaired) electrons. The van der Waals surface area contributed by atoms with Crippen LogP contribution in [0.3, 0.4) is 0 Å². The Hall–Kier alpha value is -3.00. The lowest BCUT2D eigenvalue weighted by molar-refractivity contribution is -0.114. The standard InChI is InChI=1S/C17H16N4O3S/c1-9-8-14(21-24-9)19-16(23)15-10(2)25-17(20-15)12-4-6-13(7-5-12)18-11(3)22/h4-8H,1-3H3,(H,18,22)(H,19,21,23). The molecule has 2 N–H and O–H groups in total. The zero-order chi connectivity index (χ0) is 18.0. The molecule has 0 aliphatic rings. The number of amides is 2. The van der Waals surface area contributed by atoms with Crippen LogP contribution < -0.4 is 10.6 Å². The Bertz CT molecular complexity index is 928. The van der Waals surface area contributed by atoms with Gasteiger partial charge in [-0.3, -0.25) is 9.59 Å². The van der Waals surface area contributed by atoms with Gasteiger partial charge < -0.3 is 15.2 Å². The molecule has 0 aliphatic carbocycles. The van der Waals surface area contributed by atoms with Crippen molar-refractivity contribution in [3.63, 3.8) is 0 Å². The quantitative estimate of drug-likeness (QED) is 0.744. The lowest BCUT2D eigenvalue weighted by Gasteiger charge is -2.02. The zero-order valence-corrected chi connectivity index (χ0v) is 14.7. The highest BCUT2D eigenvalue weighted by Gasteiger charge is 2.17. The number of anilines is 2. The predicted molar refractivity (Wildman–Crippen MR) is 95.8 cm³/mol. The van der Waals surface area contributed by atoms with Crippen LogP contribution in [0.2, 0.25) is 0 Å². The van der Waals surface area contributed by atoms with Gasteiger partial charge in [0.1, 0.15) is 16.5 Å². The van der Waals surface area contributed by atoms with Gasteiger partial charge in [0.2, 0.25) is 5.91 Å². The summed E-state index contributed by atoms with van der Waals surface area (Å²) in [6.07, 6.45) is 0. The minimum absolute atomic E-state index is 0.125. The highest BCUT2D eigenvalue weighted by atomic mass is 32.1. The molecule has 0 fully saturated rings. The number of hydrogen-bond donors (Lipinski definition) is 2. The average Bonchev–Trinajstić information content (AvgIpc) is 3.13. The van der Waals surface area contributed by atoms with Crippen LogP contribution in [-0.4, -0.2) is 22.0 Å². The minimum Gasteiger partial charge on any atom is -0.360 e. The second kappa shape index (κ2) is 6.86. The van der Waals surface area contributed by atoms with E-state index in [1.165, 1.54) is 18.3 Å². The molecular formula is C17H16N4O3S. The SMILES string of the molecule is CC(=O)Nc1ccc(-c2nc(C(=O)Nc3cc(C)on3)c(C)s2)cc1. The van der Waals surface area contributed by atoms with E-state index in [0.717, 1.165) is 15.4 Å². The van der Waals surface area contributed by atoms with Gasteiger partial charge in [-0.1, -0.05) is 5.16 Å². The van der Waals surface area contributed by atoms with Gasteiger partial charge in [-0.25, -0.2) is 4.98 Å². The number of nitrogens with zero attached hydrogens (tertiary/aromatic N) is 2. The highest BCUT2D eigenvalue weighted by Crippen LogP contribution is 2.29. The van der Waals surface area contributed by atoms with Crippen molar-refractivity contribution in [2.24, 2.45) is 0 Å². The number of nitrogens with one attached hydrogen (secondary N) is 2. The number of aromatic nitrogens is 2. The summed E-state index contributed by atoms with van der Waals surface area (Å²) in [6, 6.07) is 8.94. The van der Waals surface area contributed by atoms with Crippen molar-refractivity contribution in [2.45, 2.75) is 20.8 Å². The molecule has 0 saturated carbocycles. The normalized spacial score (nSPS) is 10.5. The van der Waals surface area contributed by atoms with Crippen LogP contribution >= 0.6 is 11.3 Å². The van der Waals surface area contributed by atoms with Gasteiger partial charge in [0, 0.05) is 29.1 Å². The van der Waals surface area contributed by atoms with Crippen molar-refractivity contribution in [3.05, 3.63) is 46.7 Å². The van der Waals surface area contributed by atoms with Crippen LogP contribution in [0.5, 0.6) is 0 Å². The van der Waals surface area contributed by atoms with Crippen molar-refractivity contribution in [3.8, 4) is 10.6 Å². The van der Waals surface area contributed by atoms with Crippen molar-refractivity contribution < 1.29 is 14.1 Å². The molecule has 1 aromatic carbocycles. The fourth-order valence-corrected chi connectivity index (χ4v) is 3.15. The van der Waals surface area contributed by atoms with Gasteiger partial charge in [-0.15, -0.1) is 11.3 Å². The number of carbonyl (C=O) groups excluding carboxylic acids is 2. The van der Waals surface area contributed by atoms with Crippen LogP contribution in [0.4, 0.5) is 11.5 Å². The summed E-state index contributed by atoms with van der Waals surface area (Å²) in [6.45, 7) is 5.05. The van der Waals surface area contributed by atoms with Crippen LogP contribution in [0.15, 0.2) is 34.9 Å². The molecule has 0 unspecified atom stereocenters. The third-order valence-electron chi connectivity index (χ3n) is 3.33. The maximum atomic E-state index is 12.4. The second-order valence-electron chi connectivity index (χ2n) is 5.46. The number of rotatable bonds is 4. The van der Waals surface area contributed by atoms with E-state index < -0.39 is 0 Å². The molecule has 2 aromatic heterocycles. The molecular weight excluding hydrogens is 340 g/mol. The third kappa shape index (κ3) is 3.92. The minimum atomic E-state index is -0.330. The molecule has 0 spiro atoms. The smallest absolute Gasteiger partial charge is 0.276 e. The molecule has 128 valence electrons. The van der Waals surface area contributed by atoms with E-state index in [4.69, 9.17) is 4.52 Å². The van der Waals surface area contributed by atoms with E-state index in [1.54, 1.807) is 25.1 Å². The topological polar surface area (TPSA) is 97.1 Å². The van der Waals surface area contributed by atoms with Gasteiger partial charge in [0.05, 0.1) is 0 Å². The maximum absolute atomic E-state index is 12.4. The van der Waals surface area contributed by atoms with Crippen LogP contribution in [0, 0.1) is 13.8 Å². The van der Waals surface area contributed by atoms with Crippen LogP contribution in [-0.2, 0) is 4.79 Å². The Balaban J connectivity index is 1.79. The fraction of sp³-hybridized carbons (Fsp3) is 0.176. The lowest BCUT2D eigenvalue weighted by Crippen LogP contribution is -2.13. The first kappa shape index (κ1) is 16.8. The van der Waals surface area contributed by atoms with Crippen LogP contribution in [0.25, 0.3) is 10.6 Å². The van der Waals surface area contributed by atoms with Gasteiger partial charge in [-0.05, 0) is 38.1 Å². The summed E-state index contributed by atoms with van der Waals surface area (Å²) >= 11 is 1.43. The summed E-state index contributed by atoms with van der Waals surface area (Å²) in [7, 11) is 0. The summed E-state index contributed by atoms with van der Waals surface area (Å²) in [5.74, 6) is 0.518. The third-order valence-corrected chi connectivity index (χ3v) is 4.35. The largest absolute Gasteiger partial charge is 0.360 e. The Labute approximate surface area is 148 Å². The number of thiazole rings is 1. The van der Waals surface area contributed by atoms with E-state index in [0.29, 0.717) is 23.0 Å². The van der Waals surface area contributed by atoms with E-state index in [9.17, 15) is 9.59 Å². The summed E-state index contributed by atoms with van der Waals surface area (Å²) in [4.78, 5) is 28.7. The van der Waals surface area contributed by atoms with Gasteiger partial charge in [0.15, 0.2) is 5.82 Å². The molecule has 3 aromatic rings. The molecule has 0 aliphatic heterocycles. The van der Waals surface area contributed by atoms with Crippen molar-refractivity contribution >= 4 is 34.7 Å².